The Morgan fingerprint density at radius 3 is 1.43 bits per heavy atom. The van der Waals surface area contributed by atoms with Crippen molar-refractivity contribution in [3.8, 4) is 0 Å². The minimum Gasteiger partial charge on any atom is -0.464 e. The molecule has 1 heterocycles. The van der Waals surface area contributed by atoms with Crippen LogP contribution in [0.5, 0.6) is 0 Å². The molecule has 8 nitrogen and oxygen atoms in total. The fourth-order valence-corrected chi connectivity index (χ4v) is 14.3. The van der Waals surface area contributed by atoms with Crippen molar-refractivity contribution in [1.29, 1.82) is 0 Å². The van der Waals surface area contributed by atoms with Crippen molar-refractivity contribution in [3.63, 3.8) is 0 Å². The van der Waals surface area contributed by atoms with E-state index in [4.69, 9.17) is 18.9 Å². The molecular formula is C38H50O8. The summed E-state index contributed by atoms with van der Waals surface area (Å²) in [7, 11) is 0. The summed E-state index contributed by atoms with van der Waals surface area (Å²) in [5, 5.41) is 0. The van der Waals surface area contributed by atoms with Gasteiger partial charge in [0.15, 0.2) is 5.79 Å². The lowest BCUT2D eigenvalue weighted by Crippen LogP contribution is -2.67. The summed E-state index contributed by atoms with van der Waals surface area (Å²) < 4.78 is 26.3. The van der Waals surface area contributed by atoms with Crippen molar-refractivity contribution < 1.29 is 38.1 Å². The fourth-order valence-electron chi connectivity index (χ4n) is 14.3. The van der Waals surface area contributed by atoms with Gasteiger partial charge in [0.25, 0.3) is 0 Å². The van der Waals surface area contributed by atoms with Crippen molar-refractivity contribution in [2.75, 3.05) is 26.4 Å². The van der Waals surface area contributed by atoms with Gasteiger partial charge in [-0.1, -0.05) is 6.92 Å². The number of esters is 2. The number of carbonyl (C=O) groups is 4. The highest BCUT2D eigenvalue weighted by atomic mass is 16.7. The highest BCUT2D eigenvalue weighted by molar-refractivity contribution is 5.90. The third-order valence-corrected chi connectivity index (χ3v) is 15.7. The second kappa shape index (κ2) is 9.46. The van der Waals surface area contributed by atoms with Crippen LogP contribution in [0.2, 0.25) is 0 Å². The average molecular weight is 635 g/mol. The van der Waals surface area contributed by atoms with Gasteiger partial charge in [0.2, 0.25) is 0 Å². The molecule has 46 heavy (non-hydrogen) atoms. The first kappa shape index (κ1) is 29.1. The molecule has 8 heteroatoms. The van der Waals surface area contributed by atoms with Crippen LogP contribution in [-0.2, 0) is 38.1 Å². The quantitative estimate of drug-likeness (QED) is 0.356. The third-order valence-electron chi connectivity index (χ3n) is 15.7. The van der Waals surface area contributed by atoms with Gasteiger partial charge >= 0.3 is 11.9 Å². The van der Waals surface area contributed by atoms with Crippen LogP contribution in [0.4, 0.5) is 0 Å². The van der Waals surface area contributed by atoms with E-state index in [0.717, 1.165) is 70.1 Å². The van der Waals surface area contributed by atoms with Crippen molar-refractivity contribution in [2.45, 2.75) is 109 Å². The summed E-state index contributed by atoms with van der Waals surface area (Å²) in [6, 6.07) is 0. The van der Waals surface area contributed by atoms with E-state index in [9.17, 15) is 19.2 Å². The largest absolute Gasteiger partial charge is 0.464 e. The van der Waals surface area contributed by atoms with Gasteiger partial charge in [0, 0.05) is 35.5 Å². The van der Waals surface area contributed by atoms with Gasteiger partial charge in [0.1, 0.15) is 24.8 Å². The van der Waals surface area contributed by atoms with Gasteiger partial charge in [-0.15, -0.1) is 0 Å². The van der Waals surface area contributed by atoms with Crippen molar-refractivity contribution in [1.82, 2.24) is 0 Å². The van der Waals surface area contributed by atoms with Gasteiger partial charge in [-0.3, -0.25) is 19.2 Å². The predicted molar refractivity (Wildman–Crippen MR) is 163 cm³/mol. The molecule has 6 atom stereocenters. The van der Waals surface area contributed by atoms with Gasteiger partial charge in [0.05, 0.1) is 29.5 Å². The van der Waals surface area contributed by atoms with Crippen LogP contribution in [0.1, 0.15) is 103 Å². The Morgan fingerprint density at radius 1 is 0.609 bits per heavy atom. The molecule has 0 N–H and O–H groups in total. The maximum absolute atomic E-state index is 14.0. The molecule has 13 aliphatic rings. The Labute approximate surface area is 271 Å². The Bertz CT molecular complexity index is 1260. The van der Waals surface area contributed by atoms with E-state index in [0.29, 0.717) is 79.6 Å². The van der Waals surface area contributed by atoms with Gasteiger partial charge in [-0.25, -0.2) is 0 Å². The normalized spacial score (nSPS) is 55.4. The molecule has 0 aromatic heterocycles. The lowest BCUT2D eigenvalue weighted by molar-refractivity contribution is -0.392. The fraction of sp³-hybridized carbons (Fsp3) is 0.895. The number of ether oxygens (including phenoxy) is 4. The Balaban J connectivity index is 0.881. The summed E-state index contributed by atoms with van der Waals surface area (Å²) in [6.07, 6.45) is 13.7. The van der Waals surface area contributed by atoms with E-state index < -0.39 is 22.0 Å². The lowest BCUT2D eigenvalue weighted by Gasteiger charge is -2.65. The smallest absolute Gasteiger partial charge is 0.312 e. The molecule has 1 saturated heterocycles. The summed E-state index contributed by atoms with van der Waals surface area (Å²) in [5.74, 6) is 2.14. The summed E-state index contributed by atoms with van der Waals surface area (Å²) in [5.41, 5.74) is -1.54. The highest BCUT2D eigenvalue weighted by Gasteiger charge is 2.66. The van der Waals surface area contributed by atoms with Gasteiger partial charge < -0.3 is 18.9 Å². The zero-order valence-corrected chi connectivity index (χ0v) is 27.4. The number of rotatable bonds is 6. The van der Waals surface area contributed by atoms with E-state index in [1.54, 1.807) is 0 Å². The predicted octanol–water partition coefficient (Wildman–Crippen LogP) is 5.44. The minimum atomic E-state index is -0.786. The molecule has 6 unspecified atom stereocenters. The molecule has 0 radical (unpaired) electrons. The monoisotopic (exact) mass is 634 g/mol. The number of hydrogen-bond acceptors (Lipinski definition) is 8. The van der Waals surface area contributed by atoms with Gasteiger partial charge in [-0.05, 0) is 119 Å². The highest BCUT2D eigenvalue weighted by Crippen LogP contribution is 2.66. The van der Waals surface area contributed by atoms with Crippen molar-refractivity contribution >= 4 is 23.5 Å². The molecular weight excluding hydrogens is 584 g/mol. The summed E-state index contributed by atoms with van der Waals surface area (Å²) >= 11 is 0. The molecule has 250 valence electrons. The summed E-state index contributed by atoms with van der Waals surface area (Å²) in [4.78, 5) is 53.5. The molecule has 12 aliphatic carbocycles. The van der Waals surface area contributed by atoms with Gasteiger partial charge in [-0.2, -0.15) is 0 Å². The second-order valence-corrected chi connectivity index (χ2v) is 19.2. The zero-order chi connectivity index (χ0) is 31.3. The minimum absolute atomic E-state index is 0.000801. The molecule has 1 spiro atoms. The topological polar surface area (TPSA) is 105 Å². The zero-order valence-electron chi connectivity index (χ0n) is 27.4. The van der Waals surface area contributed by atoms with Crippen LogP contribution in [0.25, 0.3) is 0 Å². The Hall–Kier alpha value is -1.80. The van der Waals surface area contributed by atoms with Crippen molar-refractivity contribution in [3.05, 3.63) is 0 Å². The average Bonchev–Trinajstić information content (AvgIpc) is 3.02. The number of hydrogen-bond donors (Lipinski definition) is 0. The second-order valence-electron chi connectivity index (χ2n) is 19.2. The van der Waals surface area contributed by atoms with Crippen LogP contribution in [-0.4, -0.2) is 55.7 Å². The Morgan fingerprint density at radius 2 is 1.02 bits per heavy atom. The van der Waals surface area contributed by atoms with Crippen LogP contribution in [0.3, 0.4) is 0 Å². The third kappa shape index (κ3) is 4.04. The molecule has 12 saturated carbocycles. The first-order valence-electron chi connectivity index (χ1n) is 18.7. The van der Waals surface area contributed by atoms with E-state index in [1.807, 2.05) is 0 Å². The molecule has 1 aliphatic heterocycles. The number of carbonyl (C=O) groups excluding carboxylic acids is 4. The number of Topliss-reactive ketones (excluding diaryl/α,β-unsaturated/α-hetero) is 2. The Kier molecular flexibility index (Phi) is 5.99. The SMILES string of the molecule is CC12CC3CC(C1)C1(OCC(COC(=O)C45CC6CC(C4)C(=O)C(C6)C5)(COC(=O)C45CC6CC(C4)C(=O)C(C6)C5)CO1)C(C3)C2. The van der Waals surface area contributed by atoms with E-state index in [2.05, 4.69) is 6.92 Å². The first-order chi connectivity index (χ1) is 22.0. The number of ketones is 2. The maximum Gasteiger partial charge on any atom is 0.312 e. The van der Waals surface area contributed by atoms with Crippen LogP contribution in [0, 0.1) is 74.9 Å². The summed E-state index contributed by atoms with van der Waals surface area (Å²) in [6.45, 7) is 3.27. The molecule has 12 bridgehead atoms. The van der Waals surface area contributed by atoms with Crippen LogP contribution in [0.15, 0.2) is 0 Å². The van der Waals surface area contributed by atoms with E-state index in [1.165, 1.54) is 6.42 Å². The molecule has 0 aromatic carbocycles. The van der Waals surface area contributed by atoms with Crippen molar-refractivity contribution in [2.24, 2.45) is 74.9 Å². The molecule has 13 fully saturated rings. The van der Waals surface area contributed by atoms with E-state index >= 15 is 0 Å². The lowest BCUT2D eigenvalue weighted by atomic mass is 9.47. The molecule has 0 amide bonds. The van der Waals surface area contributed by atoms with E-state index in [-0.39, 0.29) is 48.8 Å². The van der Waals surface area contributed by atoms with Crippen LogP contribution < -0.4 is 0 Å². The maximum atomic E-state index is 14.0. The molecule has 0 aromatic rings. The first-order valence-corrected chi connectivity index (χ1v) is 18.7. The molecule has 13 rings (SSSR count). The van der Waals surface area contributed by atoms with Crippen LogP contribution >= 0.6 is 0 Å². The standard InChI is InChI=1S/C38H50O8/c1-34-8-23-6-28(15-34)38(29(7-23)16-34)45-19-35(20-46-38,17-43-32(41)36-9-21-2-24(11-36)30(39)25(3-21)12-36)18-44-33(42)37-10-22-4-26(13-37)31(40)27(5-22)14-37/h21-29H,2-20H2,1H3.